The van der Waals surface area contributed by atoms with Crippen molar-refractivity contribution < 1.29 is 18.0 Å². The number of nitrogens with zero attached hydrogens (tertiary/aromatic N) is 2. The van der Waals surface area contributed by atoms with Gasteiger partial charge in [-0.2, -0.15) is 0 Å². The highest BCUT2D eigenvalue weighted by Crippen LogP contribution is 2.30. The SMILES string of the molecule is Cc1ccc(S(=O)(=O)N(CC(=O)N(Cc2ccccc2)[C@H](Cc2ccccc2)C(=O)NC(C)C)c2cc(Cl)cc(Cl)c2)cc1. The van der Waals surface area contributed by atoms with Gasteiger partial charge in [0, 0.05) is 29.1 Å². The minimum Gasteiger partial charge on any atom is -0.352 e. The van der Waals surface area contributed by atoms with Gasteiger partial charge in [-0.3, -0.25) is 13.9 Å². The molecule has 0 fully saturated rings. The monoisotopic (exact) mass is 651 g/mol. The molecule has 0 unspecified atom stereocenters. The molecular weight excluding hydrogens is 617 g/mol. The minimum atomic E-state index is -4.26. The quantitative estimate of drug-likeness (QED) is 0.186. The first-order valence-electron chi connectivity index (χ1n) is 14.2. The molecular formula is C34H35Cl2N3O4S. The lowest BCUT2D eigenvalue weighted by Crippen LogP contribution is -2.54. The molecule has 0 aliphatic carbocycles. The second-order valence-electron chi connectivity index (χ2n) is 10.8. The predicted octanol–water partition coefficient (Wildman–Crippen LogP) is 6.66. The van der Waals surface area contributed by atoms with Gasteiger partial charge in [-0.05, 0) is 62.2 Å². The number of hydrogen-bond donors (Lipinski definition) is 1. The van der Waals surface area contributed by atoms with E-state index in [-0.39, 0.29) is 45.5 Å². The number of hydrogen-bond acceptors (Lipinski definition) is 4. The Balaban J connectivity index is 1.81. The molecule has 44 heavy (non-hydrogen) atoms. The molecule has 0 aliphatic heterocycles. The van der Waals surface area contributed by atoms with Crippen molar-refractivity contribution in [2.75, 3.05) is 10.8 Å². The number of amides is 2. The van der Waals surface area contributed by atoms with Crippen LogP contribution in [-0.2, 0) is 32.6 Å². The summed E-state index contributed by atoms with van der Waals surface area (Å²) in [5.41, 5.74) is 2.65. The molecule has 7 nitrogen and oxygen atoms in total. The van der Waals surface area contributed by atoms with Crippen molar-refractivity contribution >= 4 is 50.7 Å². The maximum atomic E-state index is 14.4. The summed E-state index contributed by atoms with van der Waals surface area (Å²) in [6.07, 6.45) is 0.228. The molecule has 0 aromatic heterocycles. The van der Waals surface area contributed by atoms with E-state index in [1.54, 1.807) is 12.1 Å². The van der Waals surface area contributed by atoms with Crippen LogP contribution in [0.15, 0.2) is 108 Å². The molecule has 1 N–H and O–H groups in total. The fraction of sp³-hybridized carbons (Fsp3) is 0.235. The molecule has 10 heteroatoms. The highest BCUT2D eigenvalue weighted by atomic mass is 35.5. The van der Waals surface area contributed by atoms with Crippen molar-refractivity contribution in [3.05, 3.63) is 130 Å². The van der Waals surface area contributed by atoms with Crippen LogP contribution in [-0.4, -0.2) is 43.8 Å². The Morgan fingerprint density at radius 1 is 0.795 bits per heavy atom. The van der Waals surface area contributed by atoms with Crippen LogP contribution in [0.2, 0.25) is 10.0 Å². The molecule has 0 heterocycles. The summed E-state index contributed by atoms with van der Waals surface area (Å²) in [5.74, 6) is -0.910. The molecule has 230 valence electrons. The fourth-order valence-electron chi connectivity index (χ4n) is 4.76. The van der Waals surface area contributed by atoms with E-state index in [1.165, 1.54) is 35.2 Å². The zero-order valence-electron chi connectivity index (χ0n) is 24.8. The van der Waals surface area contributed by atoms with Gasteiger partial charge < -0.3 is 10.2 Å². The molecule has 0 aliphatic rings. The Morgan fingerprint density at radius 3 is 1.89 bits per heavy atom. The second kappa shape index (κ2) is 14.8. The van der Waals surface area contributed by atoms with E-state index in [0.717, 1.165) is 21.0 Å². The van der Waals surface area contributed by atoms with Crippen LogP contribution < -0.4 is 9.62 Å². The van der Waals surface area contributed by atoms with Crippen molar-refractivity contribution in [1.82, 2.24) is 10.2 Å². The molecule has 0 saturated carbocycles. The molecule has 4 aromatic carbocycles. The van der Waals surface area contributed by atoms with E-state index in [0.29, 0.717) is 0 Å². The van der Waals surface area contributed by atoms with Crippen molar-refractivity contribution in [3.63, 3.8) is 0 Å². The first-order valence-corrected chi connectivity index (χ1v) is 16.4. The molecule has 2 amide bonds. The van der Waals surface area contributed by atoms with Gasteiger partial charge in [-0.15, -0.1) is 0 Å². The molecule has 1 atom stereocenters. The number of aryl methyl sites for hydroxylation is 1. The Kier molecular flexibility index (Phi) is 11.1. The molecule has 4 aromatic rings. The van der Waals surface area contributed by atoms with Gasteiger partial charge in [0.2, 0.25) is 11.8 Å². The third kappa shape index (κ3) is 8.62. The maximum Gasteiger partial charge on any atom is 0.264 e. The van der Waals surface area contributed by atoms with E-state index >= 15 is 0 Å². The van der Waals surface area contributed by atoms with E-state index in [4.69, 9.17) is 23.2 Å². The van der Waals surface area contributed by atoms with Crippen LogP contribution in [0, 0.1) is 6.92 Å². The zero-order chi connectivity index (χ0) is 31.9. The summed E-state index contributed by atoms with van der Waals surface area (Å²) in [4.78, 5) is 29.6. The van der Waals surface area contributed by atoms with Crippen LogP contribution >= 0.6 is 23.2 Å². The summed E-state index contributed by atoms with van der Waals surface area (Å²) in [6, 6.07) is 28.3. The van der Waals surface area contributed by atoms with Crippen molar-refractivity contribution in [1.29, 1.82) is 0 Å². The first kappa shape index (κ1) is 33.1. The van der Waals surface area contributed by atoms with Crippen LogP contribution in [0.3, 0.4) is 0 Å². The van der Waals surface area contributed by atoms with E-state index in [1.807, 2.05) is 81.4 Å². The Bertz CT molecular complexity index is 1660. The number of rotatable bonds is 12. The smallest absolute Gasteiger partial charge is 0.264 e. The number of halogens is 2. The van der Waals surface area contributed by atoms with E-state index < -0.39 is 28.5 Å². The summed E-state index contributed by atoms with van der Waals surface area (Å²) in [5, 5.41) is 3.37. The van der Waals surface area contributed by atoms with Crippen LogP contribution in [0.1, 0.15) is 30.5 Å². The maximum absolute atomic E-state index is 14.4. The Hall–Kier alpha value is -3.85. The summed E-state index contributed by atoms with van der Waals surface area (Å²) in [6.45, 7) is 5.03. The lowest BCUT2D eigenvalue weighted by molar-refractivity contribution is -0.140. The molecule has 0 saturated heterocycles. The van der Waals surface area contributed by atoms with Gasteiger partial charge >= 0.3 is 0 Å². The average Bonchev–Trinajstić information content (AvgIpc) is 2.98. The van der Waals surface area contributed by atoms with Gasteiger partial charge in [0.05, 0.1) is 10.6 Å². The topological polar surface area (TPSA) is 86.8 Å². The summed E-state index contributed by atoms with van der Waals surface area (Å²) in [7, 11) is -4.26. The largest absolute Gasteiger partial charge is 0.352 e. The lowest BCUT2D eigenvalue weighted by Gasteiger charge is -2.34. The van der Waals surface area contributed by atoms with Crippen LogP contribution in [0.25, 0.3) is 0 Å². The van der Waals surface area contributed by atoms with E-state index in [2.05, 4.69) is 5.32 Å². The normalized spacial score (nSPS) is 12.0. The fourth-order valence-corrected chi connectivity index (χ4v) is 6.68. The highest BCUT2D eigenvalue weighted by molar-refractivity contribution is 7.92. The zero-order valence-corrected chi connectivity index (χ0v) is 27.1. The average molecular weight is 653 g/mol. The second-order valence-corrected chi connectivity index (χ2v) is 13.6. The predicted molar refractivity (Wildman–Crippen MR) is 176 cm³/mol. The molecule has 0 bridgehead atoms. The molecule has 0 radical (unpaired) electrons. The van der Waals surface area contributed by atoms with Crippen LogP contribution in [0.5, 0.6) is 0 Å². The minimum absolute atomic E-state index is 0.00000581. The Labute approximate surface area is 269 Å². The summed E-state index contributed by atoms with van der Waals surface area (Å²) >= 11 is 12.6. The standard InChI is InChI=1S/C34H35Cl2N3O4S/c1-24(2)37-34(41)32(18-26-10-6-4-7-11-26)38(22-27-12-8-5-9-13-27)33(40)23-39(30-20-28(35)19-29(36)21-30)44(42,43)31-16-14-25(3)15-17-31/h4-17,19-21,24,32H,18,22-23H2,1-3H3,(H,37,41)/t32-/m1/s1. The van der Waals surface area contributed by atoms with Gasteiger partial charge in [-0.1, -0.05) is 102 Å². The number of carbonyl (C=O) groups is 2. The number of anilines is 1. The molecule has 0 spiro atoms. The third-order valence-corrected chi connectivity index (χ3v) is 9.15. The molecule has 4 rings (SSSR count). The van der Waals surface area contributed by atoms with Crippen molar-refractivity contribution in [3.8, 4) is 0 Å². The Morgan fingerprint density at radius 2 is 1.34 bits per heavy atom. The highest BCUT2D eigenvalue weighted by Gasteiger charge is 2.35. The van der Waals surface area contributed by atoms with Crippen molar-refractivity contribution in [2.24, 2.45) is 0 Å². The van der Waals surface area contributed by atoms with Gasteiger partial charge in [0.1, 0.15) is 12.6 Å². The van der Waals surface area contributed by atoms with Gasteiger partial charge in [0.25, 0.3) is 10.0 Å². The number of carbonyl (C=O) groups excluding carboxylic acids is 2. The number of sulfonamides is 1. The summed E-state index contributed by atoms with van der Waals surface area (Å²) < 4.78 is 29.2. The van der Waals surface area contributed by atoms with Gasteiger partial charge in [0.15, 0.2) is 0 Å². The first-order chi connectivity index (χ1) is 20.9. The number of nitrogens with one attached hydrogen (secondary N) is 1. The number of benzene rings is 4. The van der Waals surface area contributed by atoms with Crippen LogP contribution in [0.4, 0.5) is 5.69 Å². The van der Waals surface area contributed by atoms with Gasteiger partial charge in [-0.25, -0.2) is 8.42 Å². The third-order valence-electron chi connectivity index (χ3n) is 6.92. The lowest BCUT2D eigenvalue weighted by atomic mass is 10.0. The van der Waals surface area contributed by atoms with E-state index in [9.17, 15) is 18.0 Å². The van der Waals surface area contributed by atoms with Crippen molar-refractivity contribution in [2.45, 2.75) is 50.7 Å².